The molecule has 0 amide bonds. The Balaban J connectivity index is 2.35. The van der Waals surface area contributed by atoms with Crippen LogP contribution >= 0.6 is 11.3 Å². The lowest BCUT2D eigenvalue weighted by atomic mass is 10.3. The SMILES string of the molecule is COC(=O)c1sccc1S(=O)(=O)N1CCCCO1. The number of nitrogens with zero attached hydrogens (tertiary/aromatic N) is 1. The van der Waals surface area contributed by atoms with Crippen molar-refractivity contribution in [1.29, 1.82) is 0 Å². The van der Waals surface area contributed by atoms with E-state index in [1.54, 1.807) is 5.38 Å². The van der Waals surface area contributed by atoms with Crippen molar-refractivity contribution >= 4 is 27.3 Å². The number of sulfonamides is 1. The van der Waals surface area contributed by atoms with E-state index in [1.165, 1.54) is 13.2 Å². The summed E-state index contributed by atoms with van der Waals surface area (Å²) in [6, 6.07) is 1.39. The highest BCUT2D eigenvalue weighted by Crippen LogP contribution is 2.27. The van der Waals surface area contributed by atoms with E-state index in [2.05, 4.69) is 4.74 Å². The number of thiophene rings is 1. The van der Waals surface area contributed by atoms with Crippen LogP contribution in [-0.2, 0) is 19.6 Å². The molecule has 0 N–H and O–H groups in total. The first-order chi connectivity index (χ1) is 8.57. The Morgan fingerprint density at radius 2 is 2.28 bits per heavy atom. The van der Waals surface area contributed by atoms with Crippen LogP contribution in [0.5, 0.6) is 0 Å². The van der Waals surface area contributed by atoms with Crippen molar-refractivity contribution in [2.75, 3.05) is 20.3 Å². The first kappa shape index (κ1) is 13.5. The minimum absolute atomic E-state index is 0.0544. The minimum Gasteiger partial charge on any atom is -0.465 e. The van der Waals surface area contributed by atoms with Crippen molar-refractivity contribution in [3.63, 3.8) is 0 Å². The summed E-state index contributed by atoms with van der Waals surface area (Å²) in [5, 5.41) is 1.54. The van der Waals surface area contributed by atoms with E-state index in [0.717, 1.165) is 28.6 Å². The Morgan fingerprint density at radius 3 is 2.89 bits per heavy atom. The molecule has 1 aliphatic heterocycles. The molecule has 0 saturated carbocycles. The zero-order valence-corrected chi connectivity index (χ0v) is 11.4. The summed E-state index contributed by atoms with van der Waals surface area (Å²) in [6.45, 7) is 0.676. The van der Waals surface area contributed by atoms with E-state index in [0.29, 0.717) is 13.2 Å². The van der Waals surface area contributed by atoms with Crippen LogP contribution in [0.4, 0.5) is 0 Å². The first-order valence-electron chi connectivity index (χ1n) is 5.39. The van der Waals surface area contributed by atoms with Gasteiger partial charge in [-0.2, -0.15) is 0 Å². The van der Waals surface area contributed by atoms with Crippen molar-refractivity contribution < 1.29 is 22.8 Å². The molecule has 2 rings (SSSR count). The monoisotopic (exact) mass is 291 g/mol. The van der Waals surface area contributed by atoms with E-state index < -0.39 is 16.0 Å². The van der Waals surface area contributed by atoms with Gasteiger partial charge in [-0.25, -0.2) is 13.2 Å². The van der Waals surface area contributed by atoms with Gasteiger partial charge in [0, 0.05) is 6.54 Å². The van der Waals surface area contributed by atoms with Gasteiger partial charge in [0.25, 0.3) is 10.0 Å². The summed E-state index contributed by atoms with van der Waals surface area (Å²) in [6.07, 6.45) is 1.58. The number of methoxy groups -OCH3 is 1. The topological polar surface area (TPSA) is 72.9 Å². The molecule has 0 aliphatic carbocycles. The molecule has 8 heteroatoms. The lowest BCUT2D eigenvalue weighted by molar-refractivity contribution is -0.108. The highest BCUT2D eigenvalue weighted by atomic mass is 32.2. The zero-order chi connectivity index (χ0) is 13.2. The maximum atomic E-state index is 12.3. The summed E-state index contributed by atoms with van der Waals surface area (Å²) in [5.41, 5.74) is 0. The molecule has 1 aliphatic rings. The third-order valence-electron chi connectivity index (χ3n) is 2.52. The molecule has 1 saturated heterocycles. The van der Waals surface area contributed by atoms with Gasteiger partial charge in [0.15, 0.2) is 0 Å². The van der Waals surface area contributed by atoms with Crippen molar-refractivity contribution in [2.45, 2.75) is 17.7 Å². The lowest BCUT2D eigenvalue weighted by Crippen LogP contribution is -2.36. The summed E-state index contributed by atoms with van der Waals surface area (Å²) < 4.78 is 30.1. The largest absolute Gasteiger partial charge is 0.465 e. The number of rotatable bonds is 3. The fourth-order valence-corrected chi connectivity index (χ4v) is 4.23. The van der Waals surface area contributed by atoms with Crippen LogP contribution in [-0.4, -0.2) is 39.1 Å². The van der Waals surface area contributed by atoms with E-state index in [9.17, 15) is 13.2 Å². The van der Waals surface area contributed by atoms with Crippen LogP contribution in [0.3, 0.4) is 0 Å². The Labute approximate surface area is 109 Å². The molecule has 1 aromatic heterocycles. The number of hydroxylamine groups is 1. The maximum Gasteiger partial charge on any atom is 0.349 e. The summed E-state index contributed by atoms with van der Waals surface area (Å²) >= 11 is 1.04. The van der Waals surface area contributed by atoms with Gasteiger partial charge in [-0.1, -0.05) is 4.47 Å². The van der Waals surface area contributed by atoms with E-state index in [4.69, 9.17) is 4.84 Å². The number of carbonyl (C=O) groups excluding carboxylic acids is 1. The summed E-state index contributed by atoms with van der Waals surface area (Å²) in [7, 11) is -2.57. The smallest absolute Gasteiger partial charge is 0.349 e. The molecule has 100 valence electrons. The van der Waals surface area contributed by atoms with Crippen molar-refractivity contribution in [3.05, 3.63) is 16.3 Å². The van der Waals surface area contributed by atoms with Gasteiger partial charge in [-0.3, -0.25) is 4.84 Å². The molecular weight excluding hydrogens is 278 g/mol. The van der Waals surface area contributed by atoms with Crippen LogP contribution in [0.2, 0.25) is 0 Å². The maximum absolute atomic E-state index is 12.3. The van der Waals surface area contributed by atoms with E-state index in [-0.39, 0.29) is 9.77 Å². The number of esters is 1. The van der Waals surface area contributed by atoms with E-state index >= 15 is 0 Å². The predicted octanol–water partition coefficient (Wildman–Crippen LogP) is 1.25. The zero-order valence-electron chi connectivity index (χ0n) is 9.79. The Bertz CT molecular complexity index is 530. The molecule has 1 aromatic rings. The van der Waals surface area contributed by atoms with Gasteiger partial charge in [0.05, 0.1) is 13.7 Å². The van der Waals surface area contributed by atoms with Gasteiger partial charge in [0.2, 0.25) is 0 Å². The van der Waals surface area contributed by atoms with Crippen LogP contribution in [0.1, 0.15) is 22.5 Å². The predicted molar refractivity (Wildman–Crippen MR) is 64.7 cm³/mol. The molecule has 18 heavy (non-hydrogen) atoms. The number of hydrogen-bond donors (Lipinski definition) is 0. The molecule has 0 bridgehead atoms. The number of hydrogen-bond acceptors (Lipinski definition) is 6. The van der Waals surface area contributed by atoms with Gasteiger partial charge in [-0.15, -0.1) is 11.3 Å². The second-order valence-corrected chi connectivity index (χ2v) is 6.39. The second-order valence-electron chi connectivity index (χ2n) is 3.68. The molecular formula is C10H13NO5S2. The fraction of sp³-hybridized carbons (Fsp3) is 0.500. The highest BCUT2D eigenvalue weighted by Gasteiger charge is 2.32. The number of ether oxygens (including phenoxy) is 1. The Hall–Kier alpha value is -0.960. The van der Waals surface area contributed by atoms with Crippen molar-refractivity contribution in [1.82, 2.24) is 4.47 Å². The quantitative estimate of drug-likeness (QED) is 0.784. The lowest BCUT2D eigenvalue weighted by Gasteiger charge is -2.25. The van der Waals surface area contributed by atoms with Gasteiger partial charge in [-0.05, 0) is 24.3 Å². The number of carbonyl (C=O) groups is 1. The highest BCUT2D eigenvalue weighted by molar-refractivity contribution is 7.89. The second kappa shape index (κ2) is 5.35. The van der Waals surface area contributed by atoms with E-state index in [1.807, 2.05) is 0 Å². The molecule has 6 nitrogen and oxygen atoms in total. The van der Waals surface area contributed by atoms with Gasteiger partial charge in [0.1, 0.15) is 9.77 Å². The molecule has 0 unspecified atom stereocenters. The average molecular weight is 291 g/mol. The molecule has 0 aromatic carbocycles. The normalized spacial score (nSPS) is 17.6. The van der Waals surface area contributed by atoms with Crippen LogP contribution < -0.4 is 0 Å². The molecule has 0 atom stereocenters. The van der Waals surface area contributed by atoms with Gasteiger partial charge >= 0.3 is 5.97 Å². The van der Waals surface area contributed by atoms with Crippen LogP contribution in [0.15, 0.2) is 16.3 Å². The molecule has 0 spiro atoms. The standard InChI is InChI=1S/C10H13NO5S2/c1-15-10(12)9-8(4-7-17-9)18(13,14)11-5-2-3-6-16-11/h4,7H,2-3,5-6H2,1H3. The van der Waals surface area contributed by atoms with Crippen LogP contribution in [0, 0.1) is 0 Å². The fourth-order valence-electron chi connectivity index (χ4n) is 1.62. The molecule has 1 fully saturated rings. The third kappa shape index (κ3) is 2.41. The van der Waals surface area contributed by atoms with Crippen molar-refractivity contribution in [2.24, 2.45) is 0 Å². The molecule has 2 heterocycles. The summed E-state index contributed by atoms with van der Waals surface area (Å²) in [5.74, 6) is -0.652. The first-order valence-corrected chi connectivity index (χ1v) is 7.71. The summed E-state index contributed by atoms with van der Waals surface area (Å²) in [4.78, 5) is 16.6. The third-order valence-corrected chi connectivity index (χ3v) is 5.26. The van der Waals surface area contributed by atoms with Crippen LogP contribution in [0.25, 0.3) is 0 Å². The average Bonchev–Trinajstić information content (AvgIpc) is 2.89. The van der Waals surface area contributed by atoms with Crippen molar-refractivity contribution in [3.8, 4) is 0 Å². The molecule has 0 radical (unpaired) electrons. The Kier molecular flexibility index (Phi) is 4.00. The Morgan fingerprint density at radius 1 is 1.50 bits per heavy atom. The minimum atomic E-state index is -3.78. The van der Waals surface area contributed by atoms with Gasteiger partial charge < -0.3 is 4.74 Å².